The molecule has 12 heteroatoms. The highest BCUT2D eigenvalue weighted by atomic mass is 16.5. The number of ether oxygens (including phenoxy) is 4. The van der Waals surface area contributed by atoms with Crippen LogP contribution in [-0.4, -0.2) is 65.3 Å². The topological polar surface area (TPSA) is 199 Å². The summed E-state index contributed by atoms with van der Waals surface area (Å²) < 4.78 is 24.1. The van der Waals surface area contributed by atoms with Gasteiger partial charge in [-0.3, -0.25) is 0 Å². The van der Waals surface area contributed by atoms with Crippen LogP contribution in [0.3, 0.4) is 0 Å². The van der Waals surface area contributed by atoms with E-state index >= 15 is 0 Å². The van der Waals surface area contributed by atoms with E-state index in [2.05, 4.69) is 0 Å². The summed E-state index contributed by atoms with van der Waals surface area (Å²) in [4.78, 5) is 0. The maximum Gasteiger partial charge on any atom is 0.123 e. The third-order valence-electron chi connectivity index (χ3n) is 13.5. The Bertz CT molecular complexity index is 2810. The third-order valence-corrected chi connectivity index (χ3v) is 13.5. The van der Waals surface area contributed by atoms with E-state index in [4.69, 9.17) is 18.9 Å². The normalized spacial score (nSPS) is 16.3. The largest absolute Gasteiger partial charge is 0.507 e. The van der Waals surface area contributed by atoms with E-state index in [1.807, 2.05) is 104 Å². The molecule has 0 atom stereocenters. The Morgan fingerprint density at radius 2 is 0.382 bits per heavy atom. The van der Waals surface area contributed by atoms with Gasteiger partial charge in [0, 0.05) is 92.4 Å². The number of aromatic hydroxyl groups is 8. The average Bonchev–Trinajstić information content (AvgIpc) is 3.35. The van der Waals surface area contributed by atoms with Crippen LogP contribution in [0.15, 0.2) is 146 Å². The number of rotatable bonds is 12. The van der Waals surface area contributed by atoms with Crippen molar-refractivity contribution < 1.29 is 59.8 Å². The summed E-state index contributed by atoms with van der Waals surface area (Å²) in [7, 11) is 0. The Balaban J connectivity index is 1.43. The zero-order chi connectivity index (χ0) is 54.3. The summed E-state index contributed by atoms with van der Waals surface area (Å²) in [6.07, 6.45) is -0.553. The second kappa shape index (κ2) is 21.3. The summed E-state index contributed by atoms with van der Waals surface area (Å²) in [5.41, 5.74) is 4.16. The lowest BCUT2D eigenvalue weighted by Gasteiger charge is -2.30. The van der Waals surface area contributed by atoms with E-state index in [1.165, 1.54) is 24.3 Å². The van der Waals surface area contributed by atoms with Crippen LogP contribution in [-0.2, 0) is 0 Å². The monoisotopic (exact) mass is 1020 g/mol. The molecule has 0 radical (unpaired) electrons. The van der Waals surface area contributed by atoms with Gasteiger partial charge in [0.1, 0.15) is 69.0 Å². The predicted molar refractivity (Wildman–Crippen MR) is 292 cm³/mol. The van der Waals surface area contributed by atoms with Gasteiger partial charge >= 0.3 is 0 Å². The van der Waals surface area contributed by atoms with Gasteiger partial charge in [-0.05, 0) is 150 Å². The lowest BCUT2D eigenvalue weighted by Crippen LogP contribution is -2.13. The van der Waals surface area contributed by atoms with Crippen molar-refractivity contribution in [1.82, 2.24) is 0 Å². The van der Waals surface area contributed by atoms with E-state index in [0.29, 0.717) is 45.3 Å². The lowest BCUT2D eigenvalue weighted by atomic mass is 9.75. The first-order valence-electron chi connectivity index (χ1n) is 25.5. The average molecular weight is 1030 g/mol. The zero-order valence-electron chi connectivity index (χ0n) is 43.7. The first-order valence-corrected chi connectivity index (χ1v) is 25.5. The van der Waals surface area contributed by atoms with E-state index in [0.717, 1.165) is 0 Å². The van der Waals surface area contributed by atoms with E-state index in [-0.39, 0.29) is 115 Å². The number of hydrogen-bond acceptors (Lipinski definition) is 12. The SMILES string of the molecule is CC(C)Oc1ccc(C2c3cc(c(O)cc3O)C(c3ccc(OC(C)C)cc3)c3cc(c(O)cc3O)C(c3ccc(OC(C)C)cc3)c3cc(c(O)cc3O)C(c3ccc(OC(C)C)cc3)c3cc2c(O)cc3O)cc1. The molecule has 0 fully saturated rings. The molecule has 8 aromatic rings. The van der Waals surface area contributed by atoms with Gasteiger partial charge in [0.05, 0.1) is 24.4 Å². The number of benzene rings is 8. The predicted octanol–water partition coefficient (Wildman–Crippen LogP) is 13.5. The first kappa shape index (κ1) is 52.2. The van der Waals surface area contributed by atoms with Crippen LogP contribution in [0, 0.1) is 0 Å². The molecule has 1 aliphatic rings. The molecule has 0 spiro atoms. The van der Waals surface area contributed by atoms with E-state index < -0.39 is 23.7 Å². The molecule has 76 heavy (non-hydrogen) atoms. The Morgan fingerprint density at radius 3 is 0.513 bits per heavy atom. The number of hydrogen-bond donors (Lipinski definition) is 8. The second-order valence-corrected chi connectivity index (χ2v) is 20.6. The van der Waals surface area contributed by atoms with Gasteiger partial charge < -0.3 is 59.8 Å². The van der Waals surface area contributed by atoms with Crippen LogP contribution < -0.4 is 18.9 Å². The highest BCUT2D eigenvalue weighted by molar-refractivity contribution is 5.67. The molecule has 0 amide bonds. The molecule has 12 nitrogen and oxygen atoms in total. The van der Waals surface area contributed by atoms with Gasteiger partial charge in [0.2, 0.25) is 0 Å². The molecule has 0 aliphatic heterocycles. The molecule has 0 aromatic heterocycles. The van der Waals surface area contributed by atoms with Crippen molar-refractivity contribution in [1.29, 1.82) is 0 Å². The summed E-state index contributed by atoms with van der Waals surface area (Å²) in [6.45, 7) is 15.3. The molecule has 8 N–H and O–H groups in total. The van der Waals surface area contributed by atoms with Gasteiger partial charge in [0.25, 0.3) is 0 Å². The molecule has 9 rings (SSSR count). The lowest BCUT2D eigenvalue weighted by molar-refractivity contribution is 0.242. The Hall–Kier alpha value is -8.64. The molecule has 392 valence electrons. The van der Waals surface area contributed by atoms with Crippen molar-refractivity contribution in [2.45, 2.75) is 103 Å². The Morgan fingerprint density at radius 1 is 0.237 bits per heavy atom. The Kier molecular flexibility index (Phi) is 14.6. The minimum absolute atomic E-state index is 0.138. The smallest absolute Gasteiger partial charge is 0.123 e. The van der Waals surface area contributed by atoms with Gasteiger partial charge in [-0.1, -0.05) is 48.5 Å². The number of phenolic OH excluding ortho intramolecular Hbond substituents is 8. The summed E-state index contributed by atoms with van der Waals surface area (Å²) in [6, 6.07) is 40.2. The van der Waals surface area contributed by atoms with Crippen molar-refractivity contribution in [2.24, 2.45) is 0 Å². The molecule has 0 unspecified atom stereocenters. The number of phenols is 8. The fourth-order valence-electron chi connectivity index (χ4n) is 10.4. The number of fused-ring (bicyclic) bond motifs is 8. The maximum absolute atomic E-state index is 12.2. The van der Waals surface area contributed by atoms with Crippen LogP contribution in [0.4, 0.5) is 0 Å². The Labute approximate surface area is 442 Å². The molecule has 0 heterocycles. The third kappa shape index (κ3) is 10.7. The van der Waals surface area contributed by atoms with E-state index in [9.17, 15) is 40.9 Å². The van der Waals surface area contributed by atoms with Crippen molar-refractivity contribution >= 4 is 0 Å². The summed E-state index contributed by atoms with van der Waals surface area (Å²) in [5.74, 6) is -4.46. The van der Waals surface area contributed by atoms with Crippen molar-refractivity contribution in [2.75, 3.05) is 0 Å². The van der Waals surface area contributed by atoms with Crippen LogP contribution in [0.5, 0.6) is 69.0 Å². The van der Waals surface area contributed by atoms with Crippen LogP contribution >= 0.6 is 0 Å². The molecule has 1 aliphatic carbocycles. The van der Waals surface area contributed by atoms with Gasteiger partial charge in [-0.15, -0.1) is 0 Å². The van der Waals surface area contributed by atoms with Crippen LogP contribution in [0.2, 0.25) is 0 Å². The molecular formula is C64H64O12. The van der Waals surface area contributed by atoms with Gasteiger partial charge in [-0.2, -0.15) is 0 Å². The van der Waals surface area contributed by atoms with E-state index in [1.54, 1.807) is 72.8 Å². The fourth-order valence-corrected chi connectivity index (χ4v) is 10.4. The highest BCUT2D eigenvalue weighted by Crippen LogP contribution is 2.54. The van der Waals surface area contributed by atoms with Gasteiger partial charge in [-0.25, -0.2) is 0 Å². The van der Waals surface area contributed by atoms with Crippen LogP contribution in [0.1, 0.15) is 146 Å². The summed E-state index contributed by atoms with van der Waals surface area (Å²) >= 11 is 0. The maximum atomic E-state index is 12.2. The molecule has 0 saturated heterocycles. The quantitative estimate of drug-likeness (QED) is 0.0577. The van der Waals surface area contributed by atoms with Crippen molar-refractivity contribution in [3.63, 3.8) is 0 Å². The minimum atomic E-state index is -1.02. The zero-order valence-corrected chi connectivity index (χ0v) is 43.7. The molecular weight excluding hydrogens is 961 g/mol. The standard InChI is InChI=1S/C64H64O12/c1-33(2)73-41-17-9-37(10-18-41)61-45-25-47(55(67)29-53(45)65)62(38-11-19-42(20-12-38)74-34(3)4)49-27-51(59(71)31-57(49)69)64(40-15-23-44(24-16-40)76-36(7)8)52-28-50(58(70)32-60(52)72)63(48-26-46(61)54(66)30-56(48)68)39-13-21-43(22-14-39)75-35(5)6/h9-36,61-72H,1-8H3. The van der Waals surface area contributed by atoms with Crippen molar-refractivity contribution in [3.05, 3.63) is 212 Å². The van der Waals surface area contributed by atoms with Crippen LogP contribution in [0.25, 0.3) is 0 Å². The highest BCUT2D eigenvalue weighted by Gasteiger charge is 2.35. The molecule has 8 bridgehead atoms. The molecule has 8 aromatic carbocycles. The second-order valence-electron chi connectivity index (χ2n) is 20.6. The minimum Gasteiger partial charge on any atom is -0.507 e. The fraction of sp³-hybridized carbons (Fsp3) is 0.250. The first-order chi connectivity index (χ1) is 36.2. The van der Waals surface area contributed by atoms with Gasteiger partial charge in [0.15, 0.2) is 0 Å². The summed E-state index contributed by atoms with van der Waals surface area (Å²) in [5, 5.41) is 97.9. The van der Waals surface area contributed by atoms with Crippen molar-refractivity contribution in [3.8, 4) is 69.0 Å². The molecule has 0 saturated carbocycles.